The Hall–Kier alpha value is -2.22. The molecule has 0 radical (unpaired) electrons. The summed E-state index contributed by atoms with van der Waals surface area (Å²) in [7, 11) is 1.48. The summed E-state index contributed by atoms with van der Waals surface area (Å²) in [6, 6.07) is 2.87. The van der Waals surface area contributed by atoms with Gasteiger partial charge >= 0.3 is 5.97 Å². The lowest BCUT2D eigenvalue weighted by atomic mass is 10.3. The predicted molar refractivity (Wildman–Crippen MR) is 52.6 cm³/mol. The van der Waals surface area contributed by atoms with Crippen molar-refractivity contribution in [2.45, 2.75) is 0 Å². The number of aliphatic carboxylic acids is 1. The first-order valence-electron chi connectivity index (χ1n) is 4.29. The van der Waals surface area contributed by atoms with Gasteiger partial charge in [-0.3, -0.25) is 9.63 Å². The quantitative estimate of drug-likeness (QED) is 0.567. The second-order valence-electron chi connectivity index (χ2n) is 2.67. The molecule has 16 heavy (non-hydrogen) atoms. The second kappa shape index (κ2) is 5.61. The first-order valence-corrected chi connectivity index (χ1v) is 4.29. The number of carbonyl (C=O) groups is 2. The zero-order chi connectivity index (χ0) is 12.0. The molecule has 0 fully saturated rings. The summed E-state index contributed by atoms with van der Waals surface area (Å²) in [6.07, 6.45) is 0. The molecule has 0 spiro atoms. The van der Waals surface area contributed by atoms with E-state index in [0.29, 0.717) is 0 Å². The van der Waals surface area contributed by atoms with E-state index in [0.717, 1.165) is 0 Å². The van der Waals surface area contributed by atoms with Crippen molar-refractivity contribution in [3.05, 3.63) is 17.8 Å². The molecule has 8 nitrogen and oxygen atoms in total. The highest BCUT2D eigenvalue weighted by atomic mass is 16.7. The van der Waals surface area contributed by atoms with Crippen LogP contribution in [0.5, 0.6) is 0 Å². The molecule has 0 aliphatic rings. The van der Waals surface area contributed by atoms with Crippen LogP contribution in [0.2, 0.25) is 0 Å². The molecule has 0 saturated carbocycles. The lowest BCUT2D eigenvalue weighted by Crippen LogP contribution is -2.20. The van der Waals surface area contributed by atoms with Crippen LogP contribution in [0.3, 0.4) is 0 Å². The number of aromatic nitrogens is 2. The van der Waals surface area contributed by atoms with Crippen LogP contribution in [0.15, 0.2) is 12.1 Å². The third-order valence-electron chi connectivity index (χ3n) is 1.50. The summed E-state index contributed by atoms with van der Waals surface area (Å²) < 4.78 is 0. The first kappa shape index (κ1) is 11.9. The highest BCUT2D eigenvalue weighted by molar-refractivity contribution is 5.91. The van der Waals surface area contributed by atoms with Crippen molar-refractivity contribution in [1.29, 1.82) is 0 Å². The highest BCUT2D eigenvalue weighted by Gasteiger charge is 2.05. The average molecular weight is 226 g/mol. The number of carboxylic acids is 1. The summed E-state index contributed by atoms with van der Waals surface area (Å²) in [5, 5.41) is 17.9. The molecule has 0 bridgehead atoms. The Kier molecular flexibility index (Phi) is 4.16. The van der Waals surface area contributed by atoms with Crippen molar-refractivity contribution in [2.24, 2.45) is 0 Å². The van der Waals surface area contributed by atoms with Crippen molar-refractivity contribution in [2.75, 3.05) is 19.1 Å². The Morgan fingerprint density at radius 3 is 2.69 bits per heavy atom. The monoisotopic (exact) mass is 226 g/mol. The van der Waals surface area contributed by atoms with Gasteiger partial charge in [-0.25, -0.2) is 10.3 Å². The molecule has 3 N–H and O–H groups in total. The van der Waals surface area contributed by atoms with Gasteiger partial charge in [0.15, 0.2) is 18.1 Å². The Morgan fingerprint density at radius 1 is 1.44 bits per heavy atom. The molecule has 0 unspecified atom stereocenters. The Morgan fingerprint density at radius 2 is 2.19 bits per heavy atom. The summed E-state index contributed by atoms with van der Waals surface area (Å²) >= 11 is 0. The number of carboxylic acid groups (broad SMARTS) is 1. The minimum Gasteiger partial charge on any atom is -0.479 e. The van der Waals surface area contributed by atoms with Gasteiger partial charge in [0.05, 0.1) is 0 Å². The van der Waals surface area contributed by atoms with Crippen LogP contribution in [-0.2, 0) is 9.63 Å². The van der Waals surface area contributed by atoms with Crippen molar-refractivity contribution >= 4 is 17.7 Å². The third-order valence-corrected chi connectivity index (χ3v) is 1.50. The number of hydrogen-bond donors (Lipinski definition) is 3. The first-order chi connectivity index (χ1) is 7.63. The van der Waals surface area contributed by atoms with Gasteiger partial charge in [-0.1, -0.05) is 0 Å². The molecule has 1 rings (SSSR count). The summed E-state index contributed by atoms with van der Waals surface area (Å²) in [5.41, 5.74) is 2.43. The molecule has 86 valence electrons. The van der Waals surface area contributed by atoms with Crippen LogP contribution in [0, 0.1) is 0 Å². The van der Waals surface area contributed by atoms with Gasteiger partial charge in [-0.15, -0.1) is 10.2 Å². The van der Waals surface area contributed by atoms with E-state index in [1.54, 1.807) is 0 Å². The maximum absolute atomic E-state index is 11.1. The van der Waals surface area contributed by atoms with Crippen LogP contribution in [-0.4, -0.2) is 40.8 Å². The van der Waals surface area contributed by atoms with Gasteiger partial charge in [-0.05, 0) is 12.1 Å². The maximum atomic E-state index is 11.1. The highest BCUT2D eigenvalue weighted by Crippen LogP contribution is 2.01. The van der Waals surface area contributed by atoms with Gasteiger partial charge < -0.3 is 10.4 Å². The van der Waals surface area contributed by atoms with E-state index >= 15 is 0 Å². The molecule has 1 heterocycles. The average Bonchev–Trinajstić information content (AvgIpc) is 2.28. The van der Waals surface area contributed by atoms with Crippen LogP contribution in [0.25, 0.3) is 0 Å². The van der Waals surface area contributed by atoms with Crippen molar-refractivity contribution in [1.82, 2.24) is 15.5 Å². The molecule has 8 heteroatoms. The molecule has 0 aliphatic heterocycles. The fourth-order valence-electron chi connectivity index (χ4n) is 0.808. The van der Waals surface area contributed by atoms with Gasteiger partial charge in [0.2, 0.25) is 0 Å². The minimum absolute atomic E-state index is 0.159. The van der Waals surface area contributed by atoms with Crippen LogP contribution in [0.1, 0.15) is 10.5 Å². The molecule has 1 amide bonds. The number of amides is 1. The van der Waals surface area contributed by atoms with E-state index in [-0.39, 0.29) is 17.4 Å². The Balaban J connectivity index is 2.51. The van der Waals surface area contributed by atoms with Gasteiger partial charge in [0, 0.05) is 7.05 Å². The van der Waals surface area contributed by atoms with Crippen molar-refractivity contribution < 1.29 is 19.5 Å². The van der Waals surface area contributed by atoms with Crippen LogP contribution in [0.4, 0.5) is 5.82 Å². The topological polar surface area (TPSA) is 113 Å². The molecular formula is C8H10N4O4. The third kappa shape index (κ3) is 3.50. The lowest BCUT2D eigenvalue weighted by Gasteiger charge is -2.03. The molecule has 0 atom stereocenters. The SMILES string of the molecule is CNC(=O)c1ccc(NOCC(=O)O)nn1. The van der Waals surface area contributed by atoms with Gasteiger partial charge in [-0.2, -0.15) is 0 Å². The van der Waals surface area contributed by atoms with Crippen molar-refractivity contribution in [3.8, 4) is 0 Å². The Bertz CT molecular complexity index is 378. The summed E-state index contributed by atoms with van der Waals surface area (Å²) in [4.78, 5) is 25.8. The normalized spacial score (nSPS) is 9.56. The smallest absolute Gasteiger partial charge is 0.332 e. The van der Waals surface area contributed by atoms with Crippen LogP contribution < -0.4 is 10.8 Å². The molecule has 1 aromatic heterocycles. The van der Waals surface area contributed by atoms with E-state index in [4.69, 9.17) is 5.11 Å². The van der Waals surface area contributed by atoms with E-state index in [9.17, 15) is 9.59 Å². The summed E-state index contributed by atoms with van der Waals surface area (Å²) in [6.45, 7) is -0.501. The number of nitrogens with zero attached hydrogens (tertiary/aromatic N) is 2. The van der Waals surface area contributed by atoms with Crippen LogP contribution >= 0.6 is 0 Å². The number of rotatable bonds is 5. The van der Waals surface area contributed by atoms with Crippen molar-refractivity contribution in [3.63, 3.8) is 0 Å². The van der Waals surface area contributed by atoms with E-state index < -0.39 is 12.6 Å². The maximum Gasteiger partial charge on any atom is 0.332 e. The predicted octanol–water partition coefficient (Wildman–Crippen LogP) is -0.736. The molecular weight excluding hydrogens is 216 g/mol. The minimum atomic E-state index is -1.11. The zero-order valence-electron chi connectivity index (χ0n) is 8.43. The zero-order valence-corrected chi connectivity index (χ0v) is 8.43. The van der Waals surface area contributed by atoms with Gasteiger partial charge in [0.25, 0.3) is 5.91 Å². The number of anilines is 1. The standard InChI is InChI=1S/C8H10N4O4/c1-9-8(15)5-2-3-6(11-10-5)12-16-4-7(13)14/h2-3H,4H2,1H3,(H,9,15)(H,11,12)(H,13,14). The molecule has 0 aromatic carbocycles. The lowest BCUT2D eigenvalue weighted by molar-refractivity contribution is -0.141. The fraction of sp³-hybridized carbons (Fsp3) is 0.250. The molecule has 0 saturated heterocycles. The molecule has 1 aromatic rings. The fourth-order valence-corrected chi connectivity index (χ4v) is 0.808. The molecule has 0 aliphatic carbocycles. The second-order valence-corrected chi connectivity index (χ2v) is 2.67. The number of nitrogens with one attached hydrogen (secondary N) is 2. The largest absolute Gasteiger partial charge is 0.479 e. The number of hydrogen-bond acceptors (Lipinski definition) is 6. The van der Waals surface area contributed by atoms with E-state index in [1.165, 1.54) is 19.2 Å². The number of carbonyl (C=O) groups excluding carboxylic acids is 1. The van der Waals surface area contributed by atoms with E-state index in [1.807, 2.05) is 0 Å². The Labute approximate surface area is 90.6 Å². The summed E-state index contributed by atoms with van der Waals surface area (Å²) in [5.74, 6) is -1.25. The van der Waals surface area contributed by atoms with E-state index in [2.05, 4.69) is 25.8 Å². The van der Waals surface area contributed by atoms with Gasteiger partial charge in [0.1, 0.15) is 0 Å².